The van der Waals surface area contributed by atoms with Crippen molar-refractivity contribution < 1.29 is 23.4 Å². The van der Waals surface area contributed by atoms with E-state index < -0.39 is 23.6 Å². The van der Waals surface area contributed by atoms with Gasteiger partial charge in [0, 0.05) is 24.4 Å². The highest BCUT2D eigenvalue weighted by Gasteiger charge is 2.69. The van der Waals surface area contributed by atoms with Crippen LogP contribution in [0.1, 0.15) is 35.0 Å². The molecule has 4 atom stereocenters. The Labute approximate surface area is 198 Å². The molecule has 1 amide bonds. The van der Waals surface area contributed by atoms with Crippen LogP contribution in [-0.4, -0.2) is 72.4 Å². The first-order valence-corrected chi connectivity index (χ1v) is 11.5. The first-order chi connectivity index (χ1) is 16.3. The van der Waals surface area contributed by atoms with Crippen molar-refractivity contribution >= 4 is 23.2 Å². The molecular formula is C23H22ClF2N5O3. The maximum atomic E-state index is 14.6. The van der Waals surface area contributed by atoms with Crippen LogP contribution in [0.3, 0.4) is 0 Å². The predicted molar refractivity (Wildman–Crippen MR) is 118 cm³/mol. The Hall–Kier alpha value is -2.82. The number of nitrogens with zero attached hydrogens (tertiary/aromatic N) is 5. The number of alkyl halides is 1. The third-order valence-corrected chi connectivity index (χ3v) is 7.45. The summed E-state index contributed by atoms with van der Waals surface area (Å²) in [4.78, 5) is 21.3. The Morgan fingerprint density at radius 1 is 1.38 bits per heavy atom. The van der Waals surface area contributed by atoms with Crippen LogP contribution in [0.2, 0.25) is 5.02 Å². The molecule has 34 heavy (non-hydrogen) atoms. The molecule has 2 aromatic heterocycles. The van der Waals surface area contributed by atoms with Gasteiger partial charge in [-0.25, -0.2) is 18.3 Å². The smallest absolute Gasteiger partial charge is 0.258 e. The summed E-state index contributed by atoms with van der Waals surface area (Å²) in [6.45, 7) is 2.61. The number of carbonyl (C=O) groups excluding carboxylic acids is 1. The summed E-state index contributed by atoms with van der Waals surface area (Å²) in [6.07, 6.45) is 2.35. The molecule has 2 saturated heterocycles. The minimum absolute atomic E-state index is 0.0837. The van der Waals surface area contributed by atoms with Gasteiger partial charge in [-0.3, -0.25) is 9.69 Å². The summed E-state index contributed by atoms with van der Waals surface area (Å²) in [7, 11) is 0. The quantitative estimate of drug-likeness (QED) is 0.593. The summed E-state index contributed by atoms with van der Waals surface area (Å²) in [6, 6.07) is 2.98. The van der Waals surface area contributed by atoms with Gasteiger partial charge >= 0.3 is 0 Å². The van der Waals surface area contributed by atoms with Crippen molar-refractivity contribution in [1.82, 2.24) is 24.4 Å². The van der Waals surface area contributed by atoms with Crippen LogP contribution in [-0.2, 0) is 13.1 Å². The number of hydrogen-bond donors (Lipinski definition) is 1. The number of carbonyl (C=O) groups is 1. The van der Waals surface area contributed by atoms with E-state index in [1.54, 1.807) is 22.5 Å². The van der Waals surface area contributed by atoms with Crippen molar-refractivity contribution in [2.24, 2.45) is 0 Å². The summed E-state index contributed by atoms with van der Waals surface area (Å²) in [5.74, 6) is -0.794. The second-order valence-electron chi connectivity index (χ2n) is 9.23. The lowest BCUT2D eigenvalue weighted by molar-refractivity contribution is -0.145. The molecule has 5 heterocycles. The van der Waals surface area contributed by atoms with Gasteiger partial charge in [-0.15, -0.1) is 0 Å². The monoisotopic (exact) mass is 489 g/mol. The van der Waals surface area contributed by atoms with Crippen LogP contribution < -0.4 is 4.74 Å². The molecule has 0 spiro atoms. The zero-order valence-corrected chi connectivity index (χ0v) is 19.0. The van der Waals surface area contributed by atoms with Crippen LogP contribution >= 0.6 is 11.6 Å². The third-order valence-electron chi connectivity index (χ3n) is 7.26. The first-order valence-electron chi connectivity index (χ1n) is 11.1. The molecule has 178 valence electrons. The molecule has 4 aliphatic rings. The number of halogens is 3. The van der Waals surface area contributed by atoms with Crippen LogP contribution in [0.15, 0.2) is 30.6 Å². The topological polar surface area (TPSA) is 83.2 Å². The third kappa shape index (κ3) is 3.05. The molecule has 3 fully saturated rings. The van der Waals surface area contributed by atoms with Crippen LogP contribution in [0.5, 0.6) is 5.75 Å². The molecule has 8 nitrogen and oxygen atoms in total. The molecule has 7 rings (SSSR count). The van der Waals surface area contributed by atoms with Gasteiger partial charge in [0.2, 0.25) is 0 Å². The highest BCUT2D eigenvalue weighted by molar-refractivity contribution is 6.30. The Kier molecular flexibility index (Phi) is 4.84. The molecule has 1 aromatic carbocycles. The van der Waals surface area contributed by atoms with E-state index in [0.717, 1.165) is 11.3 Å². The van der Waals surface area contributed by atoms with Gasteiger partial charge in [-0.05, 0) is 25.5 Å². The second-order valence-corrected chi connectivity index (χ2v) is 9.66. The molecule has 3 aromatic rings. The fraction of sp³-hybridized carbons (Fsp3) is 0.435. The largest absolute Gasteiger partial charge is 0.483 e. The Balaban J connectivity index is 1.27. The van der Waals surface area contributed by atoms with Gasteiger partial charge in [0.05, 0.1) is 54.3 Å². The van der Waals surface area contributed by atoms with E-state index in [1.165, 1.54) is 24.4 Å². The number of rotatable bonds is 5. The molecule has 0 radical (unpaired) electrons. The van der Waals surface area contributed by atoms with Gasteiger partial charge in [0.25, 0.3) is 5.91 Å². The zero-order chi connectivity index (χ0) is 23.8. The van der Waals surface area contributed by atoms with E-state index in [4.69, 9.17) is 16.3 Å². The number of ether oxygens (including phenoxy) is 1. The van der Waals surface area contributed by atoms with Crippen molar-refractivity contribution in [3.05, 3.63) is 58.3 Å². The lowest BCUT2D eigenvalue weighted by Gasteiger charge is -2.55. The minimum atomic E-state index is -1.11. The average molecular weight is 490 g/mol. The van der Waals surface area contributed by atoms with Gasteiger partial charge in [0.15, 0.2) is 5.65 Å². The normalized spacial score (nSPS) is 27.8. The number of benzene rings is 1. The summed E-state index contributed by atoms with van der Waals surface area (Å²) in [5, 5.41) is 14.2. The molecule has 1 N–H and O–H groups in total. The SMILES string of the molecule is CC1(Oc2cc(F)ccc2C(=O)N2Cc3nn4cc(Cl)cnc4c3C2)C2CC(F)C1N2CCO. The van der Waals surface area contributed by atoms with Crippen molar-refractivity contribution in [2.45, 2.75) is 50.3 Å². The lowest BCUT2D eigenvalue weighted by atomic mass is 9.83. The molecule has 3 aliphatic heterocycles. The molecule has 2 bridgehead atoms. The van der Waals surface area contributed by atoms with Crippen LogP contribution in [0.4, 0.5) is 8.78 Å². The number of hydrogen-bond acceptors (Lipinski definition) is 6. The minimum Gasteiger partial charge on any atom is -0.483 e. The highest BCUT2D eigenvalue weighted by Crippen LogP contribution is 2.52. The summed E-state index contributed by atoms with van der Waals surface area (Å²) in [5.41, 5.74) is 1.46. The molecular weight excluding hydrogens is 468 g/mol. The Morgan fingerprint density at radius 3 is 2.94 bits per heavy atom. The standard InChI is InChI=1S/C23H22ClF2N5O3/c1-23(19-7-16(26)20(23)30(19)4-5-32)34-18-6-13(25)2-3-14(18)22(33)29-10-15-17(11-29)28-31-9-12(24)8-27-21(15)31/h2-3,6,8-9,16,19-20,32H,4-5,7,10-11H2,1H3. The fourth-order valence-electron chi connectivity index (χ4n) is 5.81. The van der Waals surface area contributed by atoms with Crippen LogP contribution in [0, 0.1) is 5.82 Å². The van der Waals surface area contributed by atoms with Crippen molar-refractivity contribution in [2.75, 3.05) is 13.2 Å². The first kappa shape index (κ1) is 21.7. The number of aromatic nitrogens is 3. The fourth-order valence-corrected chi connectivity index (χ4v) is 5.96. The zero-order valence-electron chi connectivity index (χ0n) is 18.3. The van der Waals surface area contributed by atoms with Gasteiger partial charge < -0.3 is 14.7 Å². The molecule has 1 aliphatic carbocycles. The van der Waals surface area contributed by atoms with E-state index >= 15 is 0 Å². The number of aliphatic hydroxyl groups excluding tert-OH is 1. The van der Waals surface area contributed by atoms with Crippen molar-refractivity contribution in [3.63, 3.8) is 0 Å². The second kappa shape index (κ2) is 7.59. The summed E-state index contributed by atoms with van der Waals surface area (Å²) >= 11 is 5.99. The van der Waals surface area contributed by atoms with Gasteiger partial charge in [-0.2, -0.15) is 5.10 Å². The van der Waals surface area contributed by atoms with Gasteiger partial charge in [-0.1, -0.05) is 11.6 Å². The van der Waals surface area contributed by atoms with Crippen LogP contribution in [0.25, 0.3) is 5.65 Å². The summed E-state index contributed by atoms with van der Waals surface area (Å²) < 4.78 is 36.6. The van der Waals surface area contributed by atoms with Crippen molar-refractivity contribution in [1.29, 1.82) is 0 Å². The van der Waals surface area contributed by atoms with Crippen molar-refractivity contribution in [3.8, 4) is 5.75 Å². The maximum Gasteiger partial charge on any atom is 0.258 e. The number of aliphatic hydroxyl groups is 1. The molecule has 4 unspecified atom stereocenters. The predicted octanol–water partition coefficient (Wildman–Crippen LogP) is 2.60. The molecule has 1 saturated carbocycles. The Bertz CT molecular complexity index is 1320. The average Bonchev–Trinajstić information content (AvgIpc) is 3.50. The molecule has 11 heteroatoms. The Morgan fingerprint density at radius 2 is 2.21 bits per heavy atom. The van der Waals surface area contributed by atoms with E-state index in [-0.39, 0.29) is 42.8 Å². The number of amides is 1. The van der Waals surface area contributed by atoms with E-state index in [9.17, 15) is 18.7 Å². The number of fused-ring (bicyclic) bond motifs is 4. The van der Waals surface area contributed by atoms with E-state index in [2.05, 4.69) is 10.1 Å². The lowest BCUT2D eigenvalue weighted by Crippen LogP contribution is -2.73. The highest BCUT2D eigenvalue weighted by atomic mass is 35.5. The van der Waals surface area contributed by atoms with E-state index in [0.29, 0.717) is 23.8 Å². The maximum absolute atomic E-state index is 14.6. The van der Waals surface area contributed by atoms with Gasteiger partial charge in [0.1, 0.15) is 23.3 Å². The van der Waals surface area contributed by atoms with E-state index in [1.807, 2.05) is 4.90 Å².